The van der Waals surface area contributed by atoms with Gasteiger partial charge in [0.25, 0.3) is 0 Å². The number of para-hydroxylation sites is 2. The van der Waals surface area contributed by atoms with Gasteiger partial charge < -0.3 is 4.90 Å². The first-order valence-corrected chi connectivity index (χ1v) is 19.3. The van der Waals surface area contributed by atoms with Crippen LogP contribution in [0.4, 0.5) is 11.4 Å². The summed E-state index contributed by atoms with van der Waals surface area (Å²) in [6, 6.07) is 26.3. The van der Waals surface area contributed by atoms with Gasteiger partial charge in [-0.2, -0.15) is 4.58 Å². The van der Waals surface area contributed by atoms with E-state index in [2.05, 4.69) is 124 Å². The number of allylic oxidation sites excluding steroid dienone is 7. The largest absolute Gasteiger partial charge is 0.344 e. The van der Waals surface area contributed by atoms with Crippen LogP contribution in [-0.2, 0) is 20.7 Å². The average molecular weight is 660 g/mol. The molecule has 250 valence electrons. The molecule has 5 heteroatoms. The molecule has 1 aliphatic carbocycles. The van der Waals surface area contributed by atoms with Gasteiger partial charge in [0.1, 0.15) is 6.54 Å². The second kappa shape index (κ2) is 13.5. The van der Waals surface area contributed by atoms with E-state index >= 15 is 0 Å². The minimum absolute atomic E-state index is 0.188. The quantitative estimate of drug-likeness (QED) is 0.192. The Balaban J connectivity index is 1.48. The number of sulfone groups is 1. The first-order valence-electron chi connectivity index (χ1n) is 17.8. The van der Waals surface area contributed by atoms with Crippen LogP contribution in [0.5, 0.6) is 0 Å². The third-order valence-corrected chi connectivity index (χ3v) is 12.5. The Morgan fingerprint density at radius 1 is 0.750 bits per heavy atom. The van der Waals surface area contributed by atoms with Crippen molar-refractivity contribution in [2.75, 3.05) is 18.0 Å². The molecule has 4 nitrogen and oxygen atoms in total. The number of rotatable bonds is 11. The van der Waals surface area contributed by atoms with Crippen LogP contribution in [0.1, 0.15) is 91.2 Å². The van der Waals surface area contributed by atoms with E-state index in [9.17, 15) is 8.42 Å². The van der Waals surface area contributed by atoms with Gasteiger partial charge in [0.2, 0.25) is 15.5 Å². The highest BCUT2D eigenvalue weighted by Gasteiger charge is 2.44. The second-order valence-corrected chi connectivity index (χ2v) is 16.3. The van der Waals surface area contributed by atoms with Gasteiger partial charge in [-0.15, -0.1) is 0 Å². The molecule has 0 atom stereocenters. The van der Waals surface area contributed by atoms with Crippen LogP contribution < -0.4 is 4.90 Å². The predicted octanol–water partition coefficient (Wildman–Crippen LogP) is 10.3. The second-order valence-electron chi connectivity index (χ2n) is 14.4. The van der Waals surface area contributed by atoms with Crippen LogP contribution in [0.15, 0.2) is 130 Å². The maximum absolute atomic E-state index is 14.5. The number of fused-ring (bicyclic) bond motifs is 2. The summed E-state index contributed by atoms with van der Waals surface area (Å²) in [6.45, 7) is 15.5. The maximum atomic E-state index is 14.5. The summed E-state index contributed by atoms with van der Waals surface area (Å²) in [4.78, 5) is 3.25. The lowest BCUT2D eigenvalue weighted by atomic mass is 9.81. The van der Waals surface area contributed by atoms with Crippen LogP contribution in [0.2, 0.25) is 0 Å². The zero-order chi connectivity index (χ0) is 34.1. The Morgan fingerprint density at radius 2 is 1.42 bits per heavy atom. The average Bonchev–Trinajstić information content (AvgIpc) is 3.67. The number of unbranched alkanes of at least 4 members (excludes halogenated alkanes) is 2. The van der Waals surface area contributed by atoms with Gasteiger partial charge >= 0.3 is 0 Å². The molecular formula is C43H51N2O2S+. The lowest BCUT2D eigenvalue weighted by Crippen LogP contribution is -2.28. The number of nitrogens with zero attached hydrogens (tertiary/aromatic N) is 2. The van der Waals surface area contributed by atoms with Gasteiger partial charge in [-0.3, -0.25) is 0 Å². The van der Waals surface area contributed by atoms with Crippen LogP contribution in [-0.4, -0.2) is 31.8 Å². The Bertz CT molecular complexity index is 1960. The van der Waals surface area contributed by atoms with Crippen molar-refractivity contribution in [3.8, 4) is 0 Å². The molecule has 0 radical (unpaired) electrons. The Hall–Kier alpha value is -3.96. The summed E-state index contributed by atoms with van der Waals surface area (Å²) >= 11 is 0. The van der Waals surface area contributed by atoms with Crippen molar-refractivity contribution in [2.24, 2.45) is 0 Å². The zero-order valence-corrected chi connectivity index (χ0v) is 30.4. The number of anilines is 1. The van der Waals surface area contributed by atoms with E-state index in [1.54, 1.807) is 12.1 Å². The van der Waals surface area contributed by atoms with E-state index in [0.29, 0.717) is 22.6 Å². The van der Waals surface area contributed by atoms with Crippen LogP contribution in [0.3, 0.4) is 0 Å². The SMILES string of the molecule is CCCCN1C(=CC=C2CCC(C=CC3=[N+](CCCC)c4ccccc4C3(C)C)=C2S(=O)(=O)c2ccccc2)C(C)(C)c2ccccc21. The predicted molar refractivity (Wildman–Crippen MR) is 201 cm³/mol. The first-order chi connectivity index (χ1) is 23.0. The Morgan fingerprint density at radius 3 is 2.15 bits per heavy atom. The molecule has 0 spiro atoms. The summed E-state index contributed by atoms with van der Waals surface area (Å²) in [5, 5.41) is 0. The number of benzene rings is 3. The molecule has 0 saturated heterocycles. The molecule has 48 heavy (non-hydrogen) atoms. The summed E-state index contributed by atoms with van der Waals surface area (Å²) in [5.41, 5.74) is 8.98. The van der Waals surface area contributed by atoms with E-state index in [1.165, 1.54) is 33.9 Å². The fraction of sp³-hybridized carbons (Fsp3) is 0.372. The molecule has 0 saturated carbocycles. The molecule has 0 amide bonds. The lowest BCUT2D eigenvalue weighted by molar-refractivity contribution is -0.438. The van der Waals surface area contributed by atoms with Crippen molar-refractivity contribution in [2.45, 2.75) is 95.8 Å². The highest BCUT2D eigenvalue weighted by Crippen LogP contribution is 2.48. The molecular weight excluding hydrogens is 609 g/mol. The van der Waals surface area contributed by atoms with E-state index in [1.807, 2.05) is 18.2 Å². The van der Waals surface area contributed by atoms with E-state index < -0.39 is 9.84 Å². The van der Waals surface area contributed by atoms with Crippen LogP contribution in [0, 0.1) is 0 Å². The van der Waals surface area contributed by atoms with Crippen molar-refractivity contribution in [3.05, 3.63) is 136 Å². The summed E-state index contributed by atoms with van der Waals surface area (Å²) in [7, 11) is -3.75. The van der Waals surface area contributed by atoms with Crippen molar-refractivity contribution in [3.63, 3.8) is 0 Å². The minimum atomic E-state index is -3.75. The molecule has 0 unspecified atom stereocenters. The lowest BCUT2D eigenvalue weighted by Gasteiger charge is -2.27. The molecule has 0 aromatic heterocycles. The topological polar surface area (TPSA) is 40.4 Å². The highest BCUT2D eigenvalue weighted by atomic mass is 32.2. The molecule has 2 aliphatic heterocycles. The molecule has 0 N–H and O–H groups in total. The highest BCUT2D eigenvalue weighted by molar-refractivity contribution is 7.95. The standard InChI is InChI=1S/C43H51N2O2S/c1-7-9-30-44-37-22-16-14-20-35(37)42(3,4)39(44)28-26-32-24-25-33(41(32)48(46,47)34-18-12-11-13-19-34)27-29-40-43(5,6)36-21-15-17-23-38(36)45(40)31-10-8-2/h11-23,26-29H,7-10,24-25,30-31H2,1-6H3/q+1. The number of hydrogen-bond donors (Lipinski definition) is 0. The van der Waals surface area contributed by atoms with E-state index in [0.717, 1.165) is 49.9 Å². The first kappa shape index (κ1) is 33.9. The van der Waals surface area contributed by atoms with E-state index in [-0.39, 0.29) is 10.8 Å². The third-order valence-electron chi connectivity index (χ3n) is 10.5. The maximum Gasteiger partial charge on any atom is 0.209 e. The van der Waals surface area contributed by atoms with Crippen molar-refractivity contribution < 1.29 is 13.0 Å². The van der Waals surface area contributed by atoms with Crippen molar-refractivity contribution in [1.82, 2.24) is 0 Å². The zero-order valence-electron chi connectivity index (χ0n) is 29.6. The summed E-state index contributed by atoms with van der Waals surface area (Å²) in [5.74, 6) is 0. The third kappa shape index (κ3) is 5.96. The Labute approximate surface area is 288 Å². The van der Waals surface area contributed by atoms with Crippen molar-refractivity contribution in [1.29, 1.82) is 0 Å². The van der Waals surface area contributed by atoms with Gasteiger partial charge in [-0.05, 0) is 74.1 Å². The van der Waals surface area contributed by atoms with Gasteiger partial charge in [0, 0.05) is 47.5 Å². The Kier molecular flexibility index (Phi) is 9.55. The monoisotopic (exact) mass is 659 g/mol. The normalized spacial score (nSPS) is 20.1. The number of hydrogen-bond acceptors (Lipinski definition) is 3. The van der Waals surface area contributed by atoms with Gasteiger partial charge in [-0.1, -0.05) is 107 Å². The smallest absolute Gasteiger partial charge is 0.209 e. The van der Waals surface area contributed by atoms with Crippen LogP contribution >= 0.6 is 0 Å². The molecule has 3 aromatic rings. The summed E-state index contributed by atoms with van der Waals surface area (Å²) in [6.07, 6.45) is 14.4. The molecule has 0 fully saturated rings. The van der Waals surface area contributed by atoms with Crippen LogP contribution in [0.25, 0.3) is 0 Å². The minimum Gasteiger partial charge on any atom is -0.344 e. The van der Waals surface area contributed by atoms with Crippen molar-refractivity contribution >= 4 is 26.9 Å². The van der Waals surface area contributed by atoms with E-state index in [4.69, 9.17) is 0 Å². The molecule has 2 heterocycles. The fourth-order valence-electron chi connectivity index (χ4n) is 7.84. The summed E-state index contributed by atoms with van der Waals surface area (Å²) < 4.78 is 31.4. The molecule has 3 aliphatic rings. The fourth-order valence-corrected chi connectivity index (χ4v) is 9.62. The van der Waals surface area contributed by atoms with Gasteiger partial charge in [0.15, 0.2) is 5.71 Å². The van der Waals surface area contributed by atoms with Gasteiger partial charge in [0.05, 0.1) is 15.2 Å². The molecule has 0 bridgehead atoms. The molecule has 3 aromatic carbocycles. The van der Waals surface area contributed by atoms with Gasteiger partial charge in [-0.25, -0.2) is 8.42 Å². The molecule has 6 rings (SSSR count).